The lowest BCUT2D eigenvalue weighted by molar-refractivity contribution is -0.138. The van der Waals surface area contributed by atoms with Gasteiger partial charge >= 0.3 is 6.03 Å². The van der Waals surface area contributed by atoms with Gasteiger partial charge in [-0.25, -0.2) is 4.79 Å². The minimum atomic E-state index is -1.35. The van der Waals surface area contributed by atoms with Gasteiger partial charge in [-0.2, -0.15) is 5.01 Å². The smallest absolute Gasteiger partial charge is 0.344 e. The number of hydrogen-bond donors (Lipinski definition) is 3. The molecule has 1 atom stereocenters. The van der Waals surface area contributed by atoms with Gasteiger partial charge in [0.15, 0.2) is 5.76 Å². The Hall–Kier alpha value is -3.82. The first-order chi connectivity index (χ1) is 13.3. The summed E-state index contributed by atoms with van der Waals surface area (Å²) in [6.45, 7) is 1.08. The molecule has 0 radical (unpaired) electrons. The largest absolute Gasteiger partial charge is 0.497 e. The van der Waals surface area contributed by atoms with E-state index in [2.05, 4.69) is 16.1 Å². The van der Waals surface area contributed by atoms with Gasteiger partial charge in [-0.05, 0) is 36.8 Å². The van der Waals surface area contributed by atoms with E-state index in [0.29, 0.717) is 16.3 Å². The van der Waals surface area contributed by atoms with Gasteiger partial charge in [0, 0.05) is 0 Å². The quantitative estimate of drug-likeness (QED) is 0.621. The molecule has 1 aliphatic rings. The van der Waals surface area contributed by atoms with E-state index >= 15 is 0 Å². The normalized spacial score (nSPS) is 18.6. The van der Waals surface area contributed by atoms with Crippen LogP contribution in [0.25, 0.3) is 0 Å². The topological polar surface area (TPSA) is 130 Å². The van der Waals surface area contributed by atoms with Gasteiger partial charge in [-0.15, -0.1) is 0 Å². The number of urea groups is 1. The lowest BCUT2D eigenvalue weighted by atomic mass is 9.92. The van der Waals surface area contributed by atoms with Crippen molar-refractivity contribution in [1.29, 1.82) is 0 Å². The van der Waals surface area contributed by atoms with E-state index in [-0.39, 0.29) is 5.76 Å². The van der Waals surface area contributed by atoms with Crippen molar-refractivity contribution >= 4 is 23.8 Å². The lowest BCUT2D eigenvalue weighted by Crippen LogP contribution is -2.50. The fourth-order valence-corrected chi connectivity index (χ4v) is 2.68. The Labute approximate surface area is 159 Å². The zero-order valence-corrected chi connectivity index (χ0v) is 15.1. The number of nitrogens with zero attached hydrogens (tertiary/aromatic N) is 1. The number of ether oxygens (including phenoxy) is 1. The highest BCUT2D eigenvalue weighted by molar-refractivity contribution is 6.08. The SMILES string of the molecule is COc1ccc([C@]2(C)NC(=O)N(NC(=O)CNC(=O)c3ccco3)C2=O)cc1. The molecule has 0 unspecified atom stereocenters. The van der Waals surface area contributed by atoms with Crippen molar-refractivity contribution < 1.29 is 28.3 Å². The van der Waals surface area contributed by atoms with Gasteiger partial charge in [0.05, 0.1) is 19.9 Å². The van der Waals surface area contributed by atoms with E-state index in [4.69, 9.17) is 9.15 Å². The van der Waals surface area contributed by atoms with Gasteiger partial charge < -0.3 is 19.8 Å². The maximum absolute atomic E-state index is 12.7. The average Bonchev–Trinajstić information content (AvgIpc) is 3.30. The molecule has 10 nitrogen and oxygen atoms in total. The number of nitrogens with one attached hydrogen (secondary N) is 3. The van der Waals surface area contributed by atoms with Gasteiger partial charge in [-0.1, -0.05) is 12.1 Å². The fourth-order valence-electron chi connectivity index (χ4n) is 2.68. The molecule has 3 rings (SSSR count). The molecule has 5 amide bonds. The zero-order chi connectivity index (χ0) is 20.3. The molecular weight excluding hydrogens is 368 g/mol. The number of furan rings is 1. The molecule has 1 saturated heterocycles. The van der Waals surface area contributed by atoms with E-state index in [0.717, 1.165) is 0 Å². The molecular formula is C18H18N4O6. The average molecular weight is 386 g/mol. The minimum absolute atomic E-state index is 0.0369. The first kappa shape index (κ1) is 19.0. The Balaban J connectivity index is 1.64. The Kier molecular flexibility index (Phi) is 5.03. The monoisotopic (exact) mass is 386 g/mol. The molecule has 10 heteroatoms. The number of hydrogen-bond acceptors (Lipinski definition) is 6. The summed E-state index contributed by atoms with van der Waals surface area (Å²) in [5, 5.41) is 5.47. The highest BCUT2D eigenvalue weighted by atomic mass is 16.5. The molecule has 1 aromatic heterocycles. The van der Waals surface area contributed by atoms with Crippen LogP contribution in [0.2, 0.25) is 0 Å². The second kappa shape index (κ2) is 7.43. The second-order valence-electron chi connectivity index (χ2n) is 6.12. The summed E-state index contributed by atoms with van der Waals surface area (Å²) in [5.74, 6) is -1.37. The van der Waals surface area contributed by atoms with Crippen LogP contribution in [0.1, 0.15) is 23.0 Å². The lowest BCUT2D eigenvalue weighted by Gasteiger charge is -2.22. The van der Waals surface area contributed by atoms with Gasteiger partial charge in [0.1, 0.15) is 11.3 Å². The summed E-state index contributed by atoms with van der Waals surface area (Å²) >= 11 is 0. The maximum atomic E-state index is 12.7. The van der Waals surface area contributed by atoms with Crippen LogP contribution >= 0.6 is 0 Å². The van der Waals surface area contributed by atoms with Crippen LogP contribution < -0.4 is 20.8 Å². The van der Waals surface area contributed by atoms with Crippen LogP contribution in [0, 0.1) is 0 Å². The van der Waals surface area contributed by atoms with Crippen LogP contribution in [-0.4, -0.2) is 42.4 Å². The third kappa shape index (κ3) is 3.52. The Morgan fingerprint density at radius 1 is 1.21 bits per heavy atom. The number of benzene rings is 1. The summed E-state index contributed by atoms with van der Waals surface area (Å²) in [6.07, 6.45) is 1.32. The van der Waals surface area contributed by atoms with Crippen molar-refractivity contribution in [3.63, 3.8) is 0 Å². The van der Waals surface area contributed by atoms with E-state index in [1.807, 2.05) is 0 Å². The van der Waals surface area contributed by atoms with E-state index in [1.165, 1.54) is 32.4 Å². The van der Waals surface area contributed by atoms with Crippen molar-refractivity contribution in [2.24, 2.45) is 0 Å². The molecule has 1 fully saturated rings. The first-order valence-corrected chi connectivity index (χ1v) is 8.27. The predicted octanol–water partition coefficient (Wildman–Crippen LogP) is 0.516. The number of hydrazine groups is 1. The fraction of sp³-hybridized carbons (Fsp3) is 0.222. The molecule has 2 heterocycles. The molecule has 1 aliphatic heterocycles. The Morgan fingerprint density at radius 3 is 2.54 bits per heavy atom. The number of carbonyl (C=O) groups excluding carboxylic acids is 4. The summed E-state index contributed by atoms with van der Waals surface area (Å²) < 4.78 is 9.99. The summed E-state index contributed by atoms with van der Waals surface area (Å²) in [5.41, 5.74) is 1.36. The summed E-state index contributed by atoms with van der Waals surface area (Å²) in [6, 6.07) is 8.79. The van der Waals surface area contributed by atoms with Crippen LogP contribution in [0.3, 0.4) is 0 Å². The Morgan fingerprint density at radius 2 is 1.93 bits per heavy atom. The molecule has 28 heavy (non-hydrogen) atoms. The zero-order valence-electron chi connectivity index (χ0n) is 15.1. The number of rotatable bonds is 6. The molecule has 3 N–H and O–H groups in total. The molecule has 1 aromatic carbocycles. The minimum Gasteiger partial charge on any atom is -0.497 e. The second-order valence-corrected chi connectivity index (χ2v) is 6.12. The van der Waals surface area contributed by atoms with Gasteiger partial charge in [-0.3, -0.25) is 19.8 Å². The highest BCUT2D eigenvalue weighted by Gasteiger charge is 2.50. The number of amides is 5. The van der Waals surface area contributed by atoms with Crippen LogP contribution in [0.15, 0.2) is 47.1 Å². The first-order valence-electron chi connectivity index (χ1n) is 8.27. The number of imide groups is 1. The Bertz CT molecular complexity index is 909. The molecule has 0 saturated carbocycles. The third-order valence-corrected chi connectivity index (χ3v) is 4.25. The van der Waals surface area contributed by atoms with E-state index < -0.39 is 35.8 Å². The van der Waals surface area contributed by atoms with Crippen molar-refractivity contribution in [3.8, 4) is 5.75 Å². The van der Waals surface area contributed by atoms with Crippen molar-refractivity contribution in [1.82, 2.24) is 21.1 Å². The highest BCUT2D eigenvalue weighted by Crippen LogP contribution is 2.29. The standard InChI is InChI=1S/C18H18N4O6/c1-18(11-5-7-12(27-2)8-6-11)16(25)22(17(26)20-18)21-14(23)10-19-15(24)13-4-3-9-28-13/h3-9H,10H2,1-2H3,(H,19,24)(H,20,26)(H,21,23)/t18-/m0/s1. The third-order valence-electron chi connectivity index (χ3n) is 4.25. The summed E-state index contributed by atoms with van der Waals surface area (Å²) in [7, 11) is 1.52. The van der Waals surface area contributed by atoms with Crippen molar-refractivity contribution in [3.05, 3.63) is 54.0 Å². The molecule has 2 aromatic rings. The van der Waals surface area contributed by atoms with Crippen LogP contribution in [0.5, 0.6) is 5.75 Å². The van der Waals surface area contributed by atoms with E-state index in [9.17, 15) is 19.2 Å². The molecule has 0 bridgehead atoms. The van der Waals surface area contributed by atoms with Crippen molar-refractivity contribution in [2.45, 2.75) is 12.5 Å². The summed E-state index contributed by atoms with van der Waals surface area (Å²) in [4.78, 5) is 48.8. The predicted molar refractivity (Wildman–Crippen MR) is 94.9 cm³/mol. The van der Waals surface area contributed by atoms with E-state index in [1.54, 1.807) is 24.3 Å². The molecule has 146 valence electrons. The van der Waals surface area contributed by atoms with Gasteiger partial charge in [0.2, 0.25) is 0 Å². The number of methoxy groups -OCH3 is 1. The van der Waals surface area contributed by atoms with Crippen LogP contribution in [-0.2, 0) is 15.1 Å². The van der Waals surface area contributed by atoms with Gasteiger partial charge in [0.25, 0.3) is 17.7 Å². The molecule has 0 spiro atoms. The molecule has 0 aliphatic carbocycles. The van der Waals surface area contributed by atoms with Crippen molar-refractivity contribution in [2.75, 3.05) is 13.7 Å². The number of carbonyl (C=O) groups is 4. The maximum Gasteiger partial charge on any atom is 0.344 e. The van der Waals surface area contributed by atoms with Crippen LogP contribution in [0.4, 0.5) is 4.79 Å².